The third-order valence-electron chi connectivity index (χ3n) is 6.56. The molecule has 0 aliphatic heterocycles. The molecule has 0 aliphatic carbocycles. The minimum Gasteiger partial charge on any atom is -0.0935 e. The van der Waals surface area contributed by atoms with E-state index in [-0.39, 0.29) is 6.71 Å². The monoisotopic (exact) mass is 420 g/mol. The number of hydrogen-bond acceptors (Lipinski definition) is 0. The van der Waals surface area contributed by atoms with Crippen LogP contribution in [0.5, 0.6) is 0 Å². The van der Waals surface area contributed by atoms with Gasteiger partial charge in [0.1, 0.15) is 7.85 Å². The summed E-state index contributed by atoms with van der Waals surface area (Å²) in [5.74, 6) is 0. The molecule has 156 valence electrons. The summed E-state index contributed by atoms with van der Waals surface area (Å²) < 4.78 is 0. The first-order valence-electron chi connectivity index (χ1n) is 11.6. The molecule has 0 unspecified atom stereocenters. The zero-order valence-corrected chi connectivity index (χ0v) is 19.2. The second-order valence-electron chi connectivity index (χ2n) is 8.65. The molecule has 0 N–H and O–H groups in total. The van der Waals surface area contributed by atoms with Crippen molar-refractivity contribution in [3.63, 3.8) is 0 Å². The molecule has 0 spiro atoms. The molecule has 0 bridgehead atoms. The molecule has 0 fully saturated rings. The van der Waals surface area contributed by atoms with Gasteiger partial charge in [-0.1, -0.05) is 149 Å². The van der Waals surface area contributed by atoms with Crippen molar-refractivity contribution in [1.29, 1.82) is 0 Å². The van der Waals surface area contributed by atoms with Gasteiger partial charge in [0.15, 0.2) is 0 Å². The maximum atomic E-state index is 2.31. The number of hydrogen-bond donors (Lipinski definition) is 0. The van der Waals surface area contributed by atoms with Gasteiger partial charge in [-0.2, -0.15) is 0 Å². The third-order valence-corrected chi connectivity index (χ3v) is 6.56. The first kappa shape index (κ1) is 21.1. The fraction of sp³-hybridized carbons (Fsp3) is 0.0323. The smallest absolute Gasteiger partial charge is 0.0935 e. The minimum absolute atomic E-state index is 0.124. The Morgan fingerprint density at radius 1 is 0.455 bits per heavy atom. The molecular weight excluding hydrogens is 394 g/mol. The van der Waals surface area contributed by atoms with Crippen LogP contribution in [0.4, 0.5) is 0 Å². The molecule has 5 aromatic rings. The van der Waals surface area contributed by atoms with E-state index < -0.39 is 0 Å². The topological polar surface area (TPSA) is 0 Å². The molecule has 33 heavy (non-hydrogen) atoms. The fourth-order valence-corrected chi connectivity index (χ4v) is 4.91. The van der Waals surface area contributed by atoms with E-state index in [1.807, 2.05) is 0 Å². The summed E-state index contributed by atoms with van der Waals surface area (Å²) in [6.07, 6.45) is 0. The Labute approximate surface area is 198 Å². The summed E-state index contributed by atoms with van der Waals surface area (Å²) in [6.45, 7) is 2.32. The highest BCUT2D eigenvalue weighted by molar-refractivity contribution is 6.98. The average molecular weight is 420 g/mol. The van der Waals surface area contributed by atoms with Crippen molar-refractivity contribution < 1.29 is 0 Å². The maximum absolute atomic E-state index is 2.31. The lowest BCUT2D eigenvalue weighted by Gasteiger charge is -2.24. The molecular formula is C31H26B2. The largest absolute Gasteiger partial charge is 0.242 e. The molecule has 5 aromatic carbocycles. The highest BCUT2D eigenvalue weighted by Gasteiger charge is 2.28. The van der Waals surface area contributed by atoms with Crippen LogP contribution in [-0.2, 0) is 0 Å². The molecule has 0 nitrogen and oxygen atoms in total. The van der Waals surface area contributed by atoms with Gasteiger partial charge in [-0.05, 0) is 34.7 Å². The summed E-state index contributed by atoms with van der Waals surface area (Å²) >= 11 is 0. The molecule has 5 rings (SSSR count). The highest BCUT2D eigenvalue weighted by atomic mass is 14.1. The number of rotatable bonds is 5. The zero-order chi connectivity index (χ0) is 22.6. The summed E-state index contributed by atoms with van der Waals surface area (Å²) in [6, 6.07) is 46.0. The van der Waals surface area contributed by atoms with Crippen LogP contribution in [-0.4, -0.2) is 14.6 Å². The van der Waals surface area contributed by atoms with E-state index in [2.05, 4.69) is 142 Å². The van der Waals surface area contributed by atoms with Crippen LogP contribution >= 0.6 is 0 Å². The van der Waals surface area contributed by atoms with Crippen LogP contribution in [0, 0.1) is 6.92 Å². The van der Waals surface area contributed by atoms with Crippen LogP contribution < -0.4 is 21.9 Å². The van der Waals surface area contributed by atoms with Crippen molar-refractivity contribution in [2.45, 2.75) is 6.92 Å². The molecule has 0 amide bonds. The Morgan fingerprint density at radius 2 is 0.939 bits per heavy atom. The summed E-state index contributed by atoms with van der Waals surface area (Å²) in [5.41, 5.74) is 11.8. The van der Waals surface area contributed by atoms with Gasteiger partial charge in [0.2, 0.25) is 6.71 Å². The normalized spacial score (nSPS) is 10.7. The van der Waals surface area contributed by atoms with Crippen molar-refractivity contribution in [3.05, 3.63) is 133 Å². The maximum Gasteiger partial charge on any atom is 0.242 e. The summed E-state index contributed by atoms with van der Waals surface area (Å²) in [5, 5.41) is 0. The van der Waals surface area contributed by atoms with Crippen LogP contribution in [0.3, 0.4) is 0 Å². The lowest BCUT2D eigenvalue weighted by atomic mass is 9.34. The molecule has 0 saturated carbocycles. The van der Waals surface area contributed by atoms with E-state index in [4.69, 9.17) is 0 Å². The standard InChI is InChI=1S/C31H26B2/c1-23-13-5-6-16-25(23)27-18-8-11-21-30(27)33(31-22-12-9-19-28(31)32)29-20-10-7-17-26(29)24-14-3-2-4-15-24/h2-22H,32H2,1H3. The SMILES string of the molecule is Bc1ccccc1B(c1ccccc1-c1ccccc1)c1ccccc1-c1ccccc1C. The van der Waals surface area contributed by atoms with Crippen LogP contribution in [0.15, 0.2) is 127 Å². The van der Waals surface area contributed by atoms with Gasteiger partial charge < -0.3 is 0 Å². The second kappa shape index (κ2) is 9.38. The molecule has 0 saturated heterocycles. The van der Waals surface area contributed by atoms with E-state index >= 15 is 0 Å². The van der Waals surface area contributed by atoms with Crippen molar-refractivity contribution in [1.82, 2.24) is 0 Å². The van der Waals surface area contributed by atoms with Gasteiger partial charge in [-0.3, -0.25) is 0 Å². The molecule has 2 heteroatoms. The van der Waals surface area contributed by atoms with E-state index in [1.165, 1.54) is 49.7 Å². The van der Waals surface area contributed by atoms with Gasteiger partial charge in [0.25, 0.3) is 0 Å². The molecule has 0 radical (unpaired) electrons. The van der Waals surface area contributed by atoms with Crippen molar-refractivity contribution in [2.75, 3.05) is 0 Å². The Balaban J connectivity index is 1.81. The Hall–Kier alpha value is -3.77. The Bertz CT molecular complexity index is 1390. The van der Waals surface area contributed by atoms with Gasteiger partial charge in [-0.25, -0.2) is 0 Å². The zero-order valence-electron chi connectivity index (χ0n) is 19.2. The van der Waals surface area contributed by atoms with Gasteiger partial charge in [-0.15, -0.1) is 0 Å². The van der Waals surface area contributed by atoms with Gasteiger partial charge in [0.05, 0.1) is 0 Å². The predicted molar refractivity (Wildman–Crippen MR) is 148 cm³/mol. The lowest BCUT2D eigenvalue weighted by Crippen LogP contribution is -2.57. The van der Waals surface area contributed by atoms with Crippen molar-refractivity contribution >= 4 is 36.4 Å². The van der Waals surface area contributed by atoms with Crippen molar-refractivity contribution in [3.8, 4) is 22.3 Å². The minimum atomic E-state index is 0.124. The van der Waals surface area contributed by atoms with Gasteiger partial charge >= 0.3 is 0 Å². The molecule has 0 atom stereocenters. The fourth-order valence-electron chi connectivity index (χ4n) is 4.91. The quantitative estimate of drug-likeness (QED) is 0.376. The van der Waals surface area contributed by atoms with E-state index in [0.717, 1.165) is 0 Å². The van der Waals surface area contributed by atoms with Crippen LogP contribution in [0.2, 0.25) is 0 Å². The van der Waals surface area contributed by atoms with Crippen molar-refractivity contribution in [2.24, 2.45) is 0 Å². The number of aryl methyl sites for hydroxylation is 1. The number of benzene rings is 5. The van der Waals surface area contributed by atoms with E-state index in [0.29, 0.717) is 0 Å². The first-order chi connectivity index (χ1) is 16.2. The Morgan fingerprint density at radius 3 is 1.61 bits per heavy atom. The molecule has 0 aliphatic rings. The van der Waals surface area contributed by atoms with E-state index in [9.17, 15) is 0 Å². The highest BCUT2D eigenvalue weighted by Crippen LogP contribution is 2.23. The van der Waals surface area contributed by atoms with Crippen LogP contribution in [0.25, 0.3) is 22.3 Å². The molecule has 0 aromatic heterocycles. The van der Waals surface area contributed by atoms with E-state index in [1.54, 1.807) is 0 Å². The lowest BCUT2D eigenvalue weighted by molar-refractivity contribution is 1.46. The summed E-state index contributed by atoms with van der Waals surface area (Å²) in [4.78, 5) is 0. The van der Waals surface area contributed by atoms with Gasteiger partial charge in [0, 0.05) is 0 Å². The summed E-state index contributed by atoms with van der Waals surface area (Å²) in [7, 11) is 2.23. The van der Waals surface area contributed by atoms with Crippen LogP contribution in [0.1, 0.15) is 5.56 Å². The molecule has 0 heterocycles. The Kier molecular flexibility index (Phi) is 6.00. The first-order valence-corrected chi connectivity index (χ1v) is 11.6. The average Bonchev–Trinajstić information content (AvgIpc) is 2.87. The predicted octanol–water partition coefficient (Wildman–Crippen LogP) is 4.10. The third kappa shape index (κ3) is 4.17. The second-order valence-corrected chi connectivity index (χ2v) is 8.65.